The van der Waals surface area contributed by atoms with E-state index in [1.54, 1.807) is 0 Å². The lowest BCUT2D eigenvalue weighted by atomic mass is 10.1. The number of alkyl halides is 3. The molecule has 0 heterocycles. The highest BCUT2D eigenvalue weighted by Gasteiger charge is 2.30. The van der Waals surface area contributed by atoms with E-state index in [1.165, 1.54) is 12.1 Å². The van der Waals surface area contributed by atoms with Crippen molar-refractivity contribution >= 4 is 5.91 Å². The fraction of sp³-hybridized carbons (Fsp3) is 0.417. The Kier molecular flexibility index (Phi) is 5.15. The number of hydrogen-bond donors (Lipinski definition) is 2. The van der Waals surface area contributed by atoms with Crippen molar-refractivity contribution in [2.75, 3.05) is 6.54 Å². The van der Waals surface area contributed by atoms with Crippen LogP contribution in [-0.2, 0) is 6.18 Å². The van der Waals surface area contributed by atoms with E-state index in [9.17, 15) is 18.0 Å². The molecule has 100 valence electrons. The van der Waals surface area contributed by atoms with Gasteiger partial charge in [-0.1, -0.05) is 19.4 Å². The van der Waals surface area contributed by atoms with Gasteiger partial charge in [-0.3, -0.25) is 10.2 Å². The monoisotopic (exact) mass is 260 g/mol. The van der Waals surface area contributed by atoms with Crippen molar-refractivity contribution in [1.29, 1.82) is 0 Å². The fourth-order valence-corrected chi connectivity index (χ4v) is 1.32. The summed E-state index contributed by atoms with van der Waals surface area (Å²) in [5.74, 6) is -0.572. The summed E-state index contributed by atoms with van der Waals surface area (Å²) in [5, 5.41) is 0. The number of hydrazine groups is 1. The molecule has 0 bridgehead atoms. The number of halogens is 3. The quantitative estimate of drug-likeness (QED) is 0.631. The van der Waals surface area contributed by atoms with E-state index in [0.29, 0.717) is 6.54 Å². The first-order chi connectivity index (χ1) is 8.45. The molecule has 18 heavy (non-hydrogen) atoms. The fourth-order valence-electron chi connectivity index (χ4n) is 1.32. The van der Waals surface area contributed by atoms with Gasteiger partial charge in [-0.15, -0.1) is 0 Å². The summed E-state index contributed by atoms with van der Waals surface area (Å²) < 4.78 is 37.3. The first kappa shape index (κ1) is 14.5. The summed E-state index contributed by atoms with van der Waals surface area (Å²) in [6.07, 6.45) is -2.60. The van der Waals surface area contributed by atoms with E-state index in [0.717, 1.165) is 25.0 Å². The molecule has 0 aromatic heterocycles. The normalized spacial score (nSPS) is 11.3. The Bertz CT molecular complexity index is 405. The third-order valence-corrected chi connectivity index (χ3v) is 2.31. The molecule has 0 aliphatic heterocycles. The Morgan fingerprint density at radius 1 is 1.33 bits per heavy atom. The van der Waals surface area contributed by atoms with Crippen LogP contribution < -0.4 is 10.9 Å². The molecule has 0 saturated heterocycles. The first-order valence-corrected chi connectivity index (χ1v) is 5.65. The number of carbonyl (C=O) groups is 1. The Labute approximate surface area is 103 Å². The topological polar surface area (TPSA) is 41.1 Å². The van der Waals surface area contributed by atoms with Crippen molar-refractivity contribution in [3.63, 3.8) is 0 Å². The smallest absolute Gasteiger partial charge is 0.287 e. The molecule has 1 amide bonds. The van der Waals surface area contributed by atoms with Crippen LogP contribution in [0.1, 0.15) is 35.7 Å². The van der Waals surface area contributed by atoms with Crippen molar-refractivity contribution < 1.29 is 18.0 Å². The molecule has 1 aromatic carbocycles. The average molecular weight is 260 g/mol. The predicted molar refractivity (Wildman–Crippen MR) is 61.8 cm³/mol. The first-order valence-electron chi connectivity index (χ1n) is 5.65. The van der Waals surface area contributed by atoms with E-state index in [1.807, 2.05) is 6.92 Å². The van der Waals surface area contributed by atoms with E-state index < -0.39 is 17.6 Å². The van der Waals surface area contributed by atoms with Crippen LogP contribution in [0.25, 0.3) is 0 Å². The maximum absolute atomic E-state index is 12.4. The highest BCUT2D eigenvalue weighted by Crippen LogP contribution is 2.29. The summed E-state index contributed by atoms with van der Waals surface area (Å²) in [4.78, 5) is 11.5. The number of rotatable bonds is 5. The predicted octanol–water partition coefficient (Wildman–Crippen LogP) is 2.74. The molecule has 0 radical (unpaired) electrons. The lowest BCUT2D eigenvalue weighted by Crippen LogP contribution is -2.37. The van der Waals surface area contributed by atoms with Crippen molar-refractivity contribution in [2.45, 2.75) is 25.9 Å². The van der Waals surface area contributed by atoms with Gasteiger partial charge < -0.3 is 0 Å². The van der Waals surface area contributed by atoms with Gasteiger partial charge in [0.1, 0.15) is 0 Å². The maximum Gasteiger partial charge on any atom is 0.416 e. The Hall–Kier alpha value is -1.56. The molecular formula is C12H15F3N2O. The molecule has 0 fully saturated rings. The lowest BCUT2D eigenvalue weighted by molar-refractivity contribution is -0.137. The van der Waals surface area contributed by atoms with Gasteiger partial charge in [-0.25, -0.2) is 5.43 Å². The lowest BCUT2D eigenvalue weighted by Gasteiger charge is -2.09. The minimum Gasteiger partial charge on any atom is -0.287 e. The summed E-state index contributed by atoms with van der Waals surface area (Å²) in [7, 11) is 0. The van der Waals surface area contributed by atoms with Crippen LogP contribution in [0.15, 0.2) is 24.3 Å². The Balaban J connectivity index is 2.63. The number of nitrogens with one attached hydrogen (secondary N) is 2. The summed E-state index contributed by atoms with van der Waals surface area (Å²) in [6.45, 7) is 2.58. The Morgan fingerprint density at radius 2 is 2.06 bits per heavy atom. The third-order valence-electron chi connectivity index (χ3n) is 2.31. The average Bonchev–Trinajstić information content (AvgIpc) is 2.33. The van der Waals surface area contributed by atoms with Crippen molar-refractivity contribution in [2.24, 2.45) is 0 Å². The summed E-state index contributed by atoms with van der Waals surface area (Å²) in [5.41, 5.74) is 4.17. The molecule has 0 unspecified atom stereocenters. The molecule has 0 aliphatic carbocycles. The van der Waals surface area contributed by atoms with Crippen LogP contribution in [0, 0.1) is 0 Å². The van der Waals surface area contributed by atoms with Gasteiger partial charge in [0.15, 0.2) is 0 Å². The van der Waals surface area contributed by atoms with Gasteiger partial charge in [-0.2, -0.15) is 13.2 Å². The van der Waals surface area contributed by atoms with Gasteiger partial charge in [0.05, 0.1) is 5.56 Å². The molecule has 0 saturated carbocycles. The van der Waals surface area contributed by atoms with Crippen molar-refractivity contribution in [1.82, 2.24) is 10.9 Å². The largest absolute Gasteiger partial charge is 0.416 e. The minimum absolute atomic E-state index is 0.0196. The zero-order chi connectivity index (χ0) is 13.6. The van der Waals surface area contributed by atoms with Gasteiger partial charge in [-0.05, 0) is 24.6 Å². The van der Waals surface area contributed by atoms with E-state index in [-0.39, 0.29) is 5.56 Å². The zero-order valence-corrected chi connectivity index (χ0v) is 9.97. The molecule has 0 atom stereocenters. The van der Waals surface area contributed by atoms with Gasteiger partial charge in [0, 0.05) is 12.1 Å². The maximum atomic E-state index is 12.4. The van der Waals surface area contributed by atoms with E-state index >= 15 is 0 Å². The van der Waals surface area contributed by atoms with Crippen LogP contribution in [-0.4, -0.2) is 12.5 Å². The number of unbranched alkanes of at least 4 members (excludes halogenated alkanes) is 1. The number of amides is 1. The standard InChI is InChI=1S/C12H15F3N2O/c1-2-3-7-16-17-11(18)9-5-4-6-10(8-9)12(13,14)15/h4-6,8,16H,2-3,7H2,1H3,(H,17,18). The second-order valence-corrected chi connectivity index (χ2v) is 3.81. The Morgan fingerprint density at radius 3 is 2.67 bits per heavy atom. The molecule has 0 aliphatic rings. The van der Waals surface area contributed by atoms with Gasteiger partial charge in [0.2, 0.25) is 0 Å². The van der Waals surface area contributed by atoms with Gasteiger partial charge >= 0.3 is 6.18 Å². The highest BCUT2D eigenvalue weighted by atomic mass is 19.4. The third kappa shape index (κ3) is 4.37. The SMILES string of the molecule is CCCCNNC(=O)c1cccc(C(F)(F)F)c1. The second kappa shape index (κ2) is 6.39. The van der Waals surface area contributed by atoms with Crippen molar-refractivity contribution in [3.8, 4) is 0 Å². The number of benzene rings is 1. The number of hydrogen-bond acceptors (Lipinski definition) is 2. The zero-order valence-electron chi connectivity index (χ0n) is 9.97. The van der Waals surface area contributed by atoms with Crippen LogP contribution >= 0.6 is 0 Å². The molecule has 1 rings (SSSR count). The summed E-state index contributed by atoms with van der Waals surface area (Å²) in [6, 6.07) is 4.31. The van der Waals surface area contributed by atoms with Crippen LogP contribution in [0.5, 0.6) is 0 Å². The molecule has 1 aromatic rings. The van der Waals surface area contributed by atoms with E-state index in [4.69, 9.17) is 0 Å². The minimum atomic E-state index is -4.44. The number of carbonyl (C=O) groups excluding carboxylic acids is 1. The molecule has 6 heteroatoms. The summed E-state index contributed by atoms with van der Waals surface area (Å²) >= 11 is 0. The molecular weight excluding hydrogens is 245 g/mol. The van der Waals surface area contributed by atoms with Crippen LogP contribution in [0.4, 0.5) is 13.2 Å². The molecule has 3 nitrogen and oxygen atoms in total. The van der Waals surface area contributed by atoms with Crippen LogP contribution in [0.2, 0.25) is 0 Å². The van der Waals surface area contributed by atoms with Crippen LogP contribution in [0.3, 0.4) is 0 Å². The van der Waals surface area contributed by atoms with E-state index in [2.05, 4.69) is 10.9 Å². The highest BCUT2D eigenvalue weighted by molar-refractivity contribution is 5.94. The van der Waals surface area contributed by atoms with Gasteiger partial charge in [0.25, 0.3) is 5.91 Å². The second-order valence-electron chi connectivity index (χ2n) is 3.81. The molecule has 0 spiro atoms. The van der Waals surface area contributed by atoms with Crippen molar-refractivity contribution in [3.05, 3.63) is 35.4 Å². The molecule has 2 N–H and O–H groups in total.